The van der Waals surface area contributed by atoms with Gasteiger partial charge in [0.1, 0.15) is 5.75 Å². The van der Waals surface area contributed by atoms with Crippen LogP contribution < -0.4 is 10.1 Å². The van der Waals surface area contributed by atoms with Crippen molar-refractivity contribution in [2.24, 2.45) is 5.92 Å². The Hall–Kier alpha value is -1.75. The number of ether oxygens (including phenoxy) is 1. The molecule has 1 aromatic rings. The highest BCUT2D eigenvalue weighted by molar-refractivity contribution is 6.30. The highest BCUT2D eigenvalue weighted by Crippen LogP contribution is 2.27. The van der Waals surface area contributed by atoms with Crippen LogP contribution in [0.1, 0.15) is 12.8 Å². The van der Waals surface area contributed by atoms with E-state index >= 15 is 0 Å². The van der Waals surface area contributed by atoms with Gasteiger partial charge in [-0.15, -0.1) is 0 Å². The molecule has 2 rings (SSSR count). The van der Waals surface area contributed by atoms with E-state index in [1.165, 1.54) is 0 Å². The van der Waals surface area contributed by atoms with E-state index in [-0.39, 0.29) is 24.5 Å². The van der Waals surface area contributed by atoms with Crippen LogP contribution in [0.5, 0.6) is 5.75 Å². The molecular weight excluding hydrogens is 270 g/mol. The second kappa shape index (κ2) is 5.93. The first kappa shape index (κ1) is 13.7. The Labute approximate surface area is 115 Å². The fourth-order valence-corrected chi connectivity index (χ4v) is 2.09. The number of hydrogen-bond donors (Lipinski definition) is 2. The molecule has 0 bridgehead atoms. The van der Waals surface area contributed by atoms with Gasteiger partial charge in [-0.05, 0) is 31.0 Å². The number of rotatable bonds is 5. The van der Waals surface area contributed by atoms with Gasteiger partial charge in [-0.3, -0.25) is 9.59 Å². The summed E-state index contributed by atoms with van der Waals surface area (Å²) in [5.74, 6) is -0.867. The van der Waals surface area contributed by atoms with Crippen LogP contribution >= 0.6 is 11.6 Å². The van der Waals surface area contributed by atoms with Crippen LogP contribution in [0.25, 0.3) is 0 Å². The van der Waals surface area contributed by atoms with Gasteiger partial charge in [-0.2, -0.15) is 0 Å². The summed E-state index contributed by atoms with van der Waals surface area (Å²) in [6, 6.07) is 6.73. The standard InChI is InChI=1S/C13H14ClNO4/c14-9-2-1-3-11(6-9)19-7-12(16)15-10-4-8(5-10)13(17)18/h1-3,6,8,10H,4-5,7H2,(H,15,16)(H,17,18). The number of aliphatic carboxylic acids is 1. The fraction of sp³-hybridized carbons (Fsp3) is 0.385. The first-order valence-electron chi connectivity index (χ1n) is 5.95. The minimum Gasteiger partial charge on any atom is -0.484 e. The van der Waals surface area contributed by atoms with Crippen molar-refractivity contribution in [1.82, 2.24) is 5.32 Å². The maximum atomic E-state index is 11.6. The smallest absolute Gasteiger partial charge is 0.306 e. The van der Waals surface area contributed by atoms with Crippen molar-refractivity contribution in [1.29, 1.82) is 0 Å². The van der Waals surface area contributed by atoms with E-state index in [4.69, 9.17) is 21.4 Å². The Bertz CT molecular complexity index is 485. The zero-order chi connectivity index (χ0) is 13.8. The van der Waals surface area contributed by atoms with Crippen LogP contribution in [0.15, 0.2) is 24.3 Å². The molecule has 19 heavy (non-hydrogen) atoms. The third kappa shape index (κ3) is 3.86. The fourth-order valence-electron chi connectivity index (χ4n) is 1.91. The number of carboxylic acids is 1. The minimum absolute atomic E-state index is 0.0587. The van der Waals surface area contributed by atoms with Crippen LogP contribution in [0, 0.1) is 5.92 Å². The van der Waals surface area contributed by atoms with Gasteiger partial charge in [0.15, 0.2) is 6.61 Å². The molecule has 1 aromatic carbocycles. The number of amides is 1. The largest absolute Gasteiger partial charge is 0.484 e. The van der Waals surface area contributed by atoms with Crippen LogP contribution in [-0.4, -0.2) is 29.6 Å². The zero-order valence-electron chi connectivity index (χ0n) is 10.1. The molecule has 0 aromatic heterocycles. The summed E-state index contributed by atoms with van der Waals surface area (Å²) in [6.07, 6.45) is 0.969. The summed E-state index contributed by atoms with van der Waals surface area (Å²) in [5.41, 5.74) is 0. The van der Waals surface area contributed by atoms with Crippen molar-refractivity contribution < 1.29 is 19.4 Å². The number of carboxylic acid groups (broad SMARTS) is 1. The normalized spacial score (nSPS) is 21.3. The Morgan fingerprint density at radius 2 is 2.16 bits per heavy atom. The van der Waals surface area contributed by atoms with E-state index in [9.17, 15) is 9.59 Å². The van der Waals surface area contributed by atoms with Gasteiger partial charge in [0, 0.05) is 11.1 Å². The number of halogens is 1. The van der Waals surface area contributed by atoms with Gasteiger partial charge in [-0.1, -0.05) is 17.7 Å². The van der Waals surface area contributed by atoms with Crippen LogP contribution in [0.4, 0.5) is 0 Å². The first-order chi connectivity index (χ1) is 9.04. The molecule has 0 spiro atoms. The lowest BCUT2D eigenvalue weighted by molar-refractivity contribution is -0.146. The number of hydrogen-bond acceptors (Lipinski definition) is 3. The summed E-state index contributed by atoms with van der Waals surface area (Å²) in [4.78, 5) is 22.2. The van der Waals surface area contributed by atoms with Crippen LogP contribution in [0.2, 0.25) is 5.02 Å². The maximum Gasteiger partial charge on any atom is 0.306 e. The SMILES string of the molecule is O=C(COc1cccc(Cl)c1)NC1CC(C(=O)O)C1. The minimum atomic E-state index is -0.805. The molecule has 0 atom stereocenters. The maximum absolute atomic E-state index is 11.6. The van der Waals surface area contributed by atoms with Crippen molar-refractivity contribution in [2.45, 2.75) is 18.9 Å². The molecule has 1 fully saturated rings. The van der Waals surface area contributed by atoms with E-state index in [0.717, 1.165) is 0 Å². The predicted molar refractivity (Wildman–Crippen MR) is 69.2 cm³/mol. The third-order valence-electron chi connectivity index (χ3n) is 3.02. The quantitative estimate of drug-likeness (QED) is 0.862. The van der Waals surface area contributed by atoms with E-state index in [1.807, 2.05) is 0 Å². The number of carbonyl (C=O) groups excluding carboxylic acids is 1. The van der Waals surface area contributed by atoms with Gasteiger partial charge in [0.25, 0.3) is 5.91 Å². The molecule has 2 N–H and O–H groups in total. The molecule has 0 saturated heterocycles. The molecular formula is C13H14ClNO4. The molecule has 6 heteroatoms. The lowest BCUT2D eigenvalue weighted by atomic mass is 9.80. The number of carbonyl (C=O) groups is 2. The molecule has 1 aliphatic carbocycles. The Balaban J connectivity index is 1.70. The van der Waals surface area contributed by atoms with E-state index in [1.54, 1.807) is 24.3 Å². The van der Waals surface area contributed by atoms with Crippen molar-refractivity contribution >= 4 is 23.5 Å². The number of nitrogens with one attached hydrogen (secondary N) is 1. The van der Waals surface area contributed by atoms with E-state index in [0.29, 0.717) is 23.6 Å². The summed E-state index contributed by atoms with van der Waals surface area (Å²) in [6.45, 7) is -0.103. The molecule has 5 nitrogen and oxygen atoms in total. The molecule has 0 aliphatic heterocycles. The average Bonchev–Trinajstić information content (AvgIpc) is 2.30. The van der Waals surface area contributed by atoms with Crippen LogP contribution in [0.3, 0.4) is 0 Å². The van der Waals surface area contributed by atoms with Crippen molar-refractivity contribution in [2.75, 3.05) is 6.61 Å². The Morgan fingerprint density at radius 1 is 1.42 bits per heavy atom. The summed E-state index contributed by atoms with van der Waals surface area (Å²) >= 11 is 5.79. The lowest BCUT2D eigenvalue weighted by Gasteiger charge is -2.32. The molecule has 1 saturated carbocycles. The second-order valence-corrected chi connectivity index (χ2v) is 4.95. The monoisotopic (exact) mass is 283 g/mol. The summed E-state index contributed by atoms with van der Waals surface area (Å²) in [7, 11) is 0. The van der Waals surface area contributed by atoms with Gasteiger partial charge >= 0.3 is 5.97 Å². The van der Waals surface area contributed by atoms with E-state index < -0.39 is 5.97 Å². The summed E-state index contributed by atoms with van der Waals surface area (Å²) < 4.78 is 5.28. The summed E-state index contributed by atoms with van der Waals surface area (Å²) in [5, 5.41) is 12.0. The van der Waals surface area contributed by atoms with Gasteiger partial charge in [0.2, 0.25) is 0 Å². The van der Waals surface area contributed by atoms with Gasteiger partial charge in [0.05, 0.1) is 5.92 Å². The van der Waals surface area contributed by atoms with Gasteiger partial charge < -0.3 is 15.2 Å². The lowest BCUT2D eigenvalue weighted by Crippen LogP contribution is -2.48. The van der Waals surface area contributed by atoms with Crippen molar-refractivity contribution in [3.05, 3.63) is 29.3 Å². The molecule has 0 radical (unpaired) electrons. The highest BCUT2D eigenvalue weighted by atomic mass is 35.5. The first-order valence-corrected chi connectivity index (χ1v) is 6.33. The highest BCUT2D eigenvalue weighted by Gasteiger charge is 2.35. The third-order valence-corrected chi connectivity index (χ3v) is 3.25. The van der Waals surface area contributed by atoms with Gasteiger partial charge in [-0.25, -0.2) is 0 Å². The molecule has 0 unspecified atom stereocenters. The average molecular weight is 284 g/mol. The molecule has 0 heterocycles. The Kier molecular flexibility index (Phi) is 4.27. The zero-order valence-corrected chi connectivity index (χ0v) is 10.9. The molecule has 1 amide bonds. The topological polar surface area (TPSA) is 75.6 Å². The number of benzene rings is 1. The second-order valence-electron chi connectivity index (χ2n) is 4.52. The van der Waals surface area contributed by atoms with Crippen molar-refractivity contribution in [3.8, 4) is 5.75 Å². The Morgan fingerprint density at radius 3 is 2.79 bits per heavy atom. The van der Waals surface area contributed by atoms with E-state index in [2.05, 4.69) is 5.32 Å². The molecule has 1 aliphatic rings. The van der Waals surface area contributed by atoms with Crippen LogP contribution in [-0.2, 0) is 9.59 Å². The predicted octanol–water partition coefficient (Wildman–Crippen LogP) is 1.70. The van der Waals surface area contributed by atoms with Crippen molar-refractivity contribution in [3.63, 3.8) is 0 Å². The molecule has 102 valence electrons.